The number of halogens is 1. The summed E-state index contributed by atoms with van der Waals surface area (Å²) in [6.45, 7) is 4.18. The highest BCUT2D eigenvalue weighted by molar-refractivity contribution is 9.10. The largest absolute Gasteiger partial charge is 0.483 e. The summed E-state index contributed by atoms with van der Waals surface area (Å²) in [5.74, 6) is 1.63. The summed E-state index contributed by atoms with van der Waals surface area (Å²) in [5, 5.41) is 2.95. The highest BCUT2D eigenvalue weighted by Gasteiger charge is 2.31. The molecule has 1 aliphatic heterocycles. The van der Waals surface area contributed by atoms with E-state index in [9.17, 15) is 0 Å². The molecule has 0 aromatic carbocycles. The van der Waals surface area contributed by atoms with Crippen molar-refractivity contribution in [2.24, 2.45) is 15.9 Å². The number of nitrogens with zero attached hydrogens (tertiary/aromatic N) is 3. The van der Waals surface area contributed by atoms with Crippen LogP contribution in [0.3, 0.4) is 0 Å². The summed E-state index contributed by atoms with van der Waals surface area (Å²) in [6.07, 6.45) is 0.667. The first-order valence-electron chi connectivity index (χ1n) is 6.38. The molecule has 1 aliphatic rings. The highest BCUT2D eigenvalue weighted by Crippen LogP contribution is 2.22. The fourth-order valence-corrected chi connectivity index (χ4v) is 3.34. The van der Waals surface area contributed by atoms with Gasteiger partial charge < -0.3 is 9.47 Å². The van der Waals surface area contributed by atoms with Crippen molar-refractivity contribution < 1.29 is 9.47 Å². The third-order valence-corrected chi connectivity index (χ3v) is 4.61. The van der Waals surface area contributed by atoms with Crippen LogP contribution in [-0.2, 0) is 15.9 Å². The molecule has 0 radical (unpaired) electrons. The van der Waals surface area contributed by atoms with E-state index in [-0.39, 0.29) is 12.1 Å². The number of rotatable bonds is 3. The summed E-state index contributed by atoms with van der Waals surface area (Å²) in [4.78, 5) is 13.7. The van der Waals surface area contributed by atoms with E-state index in [2.05, 4.69) is 44.7 Å². The molecular formula is C13H18BrN3O2S. The van der Waals surface area contributed by atoms with Crippen LogP contribution in [0.2, 0.25) is 0 Å². The molecule has 0 fully saturated rings. The van der Waals surface area contributed by atoms with Crippen LogP contribution < -0.4 is 0 Å². The van der Waals surface area contributed by atoms with Gasteiger partial charge in [-0.05, 0) is 21.8 Å². The van der Waals surface area contributed by atoms with Crippen LogP contribution in [0.4, 0.5) is 0 Å². The van der Waals surface area contributed by atoms with Gasteiger partial charge in [-0.3, -0.25) is 0 Å². The minimum atomic E-state index is -0.164. The monoisotopic (exact) mass is 359 g/mol. The molecule has 1 aromatic heterocycles. The van der Waals surface area contributed by atoms with Gasteiger partial charge in [0.25, 0.3) is 0 Å². The lowest BCUT2D eigenvalue weighted by Gasteiger charge is -2.26. The van der Waals surface area contributed by atoms with E-state index in [1.807, 2.05) is 5.38 Å². The SMILES string of the molecule is COC1=NC(C(C)C)C(OC)=NC1Cc1nc(Br)cs1. The summed E-state index contributed by atoms with van der Waals surface area (Å²) in [5.41, 5.74) is 0. The minimum Gasteiger partial charge on any atom is -0.483 e. The summed E-state index contributed by atoms with van der Waals surface area (Å²) in [6, 6.07) is -0.239. The zero-order valence-electron chi connectivity index (χ0n) is 12.0. The Hall–Kier alpha value is -0.950. The van der Waals surface area contributed by atoms with Gasteiger partial charge in [-0.25, -0.2) is 15.0 Å². The van der Waals surface area contributed by atoms with Gasteiger partial charge in [0.1, 0.15) is 16.7 Å². The smallest absolute Gasteiger partial charge is 0.209 e. The second-order valence-corrected chi connectivity index (χ2v) is 6.57. The van der Waals surface area contributed by atoms with Gasteiger partial charge in [-0.2, -0.15) is 0 Å². The minimum absolute atomic E-state index is 0.0748. The number of thiazole rings is 1. The fraction of sp³-hybridized carbons (Fsp3) is 0.615. The molecule has 0 bridgehead atoms. The Bertz CT molecular complexity index is 527. The molecule has 0 amide bonds. The van der Waals surface area contributed by atoms with Crippen LogP contribution in [0.15, 0.2) is 20.0 Å². The molecule has 0 aliphatic carbocycles. The van der Waals surface area contributed by atoms with Crippen molar-refractivity contribution in [1.29, 1.82) is 0 Å². The maximum absolute atomic E-state index is 5.41. The molecule has 110 valence electrons. The zero-order chi connectivity index (χ0) is 14.7. The molecule has 2 atom stereocenters. The molecule has 2 unspecified atom stereocenters. The Labute approximate surface area is 131 Å². The number of aliphatic imine (C=N–C) groups is 2. The standard InChI is InChI=1S/C13H18BrN3O2S/c1-7(2)11-13(19-4)15-8(12(17-11)18-3)5-10-16-9(14)6-20-10/h6-8,11H,5H2,1-4H3. The van der Waals surface area contributed by atoms with Crippen LogP contribution in [-0.4, -0.2) is 43.1 Å². The maximum Gasteiger partial charge on any atom is 0.209 e. The number of hydrogen-bond donors (Lipinski definition) is 0. The first kappa shape index (κ1) is 15.4. The molecule has 5 nitrogen and oxygen atoms in total. The van der Waals surface area contributed by atoms with Crippen LogP contribution in [0.1, 0.15) is 18.9 Å². The second-order valence-electron chi connectivity index (χ2n) is 4.82. The summed E-state index contributed by atoms with van der Waals surface area (Å²) in [7, 11) is 3.27. The van der Waals surface area contributed by atoms with E-state index in [4.69, 9.17) is 9.47 Å². The van der Waals surface area contributed by atoms with E-state index in [0.29, 0.717) is 24.1 Å². The van der Waals surface area contributed by atoms with Crippen LogP contribution in [0.5, 0.6) is 0 Å². The van der Waals surface area contributed by atoms with Gasteiger partial charge in [0.15, 0.2) is 0 Å². The topological polar surface area (TPSA) is 56.1 Å². The van der Waals surface area contributed by atoms with Crippen molar-refractivity contribution in [2.45, 2.75) is 32.4 Å². The Morgan fingerprint density at radius 1 is 1.25 bits per heavy atom. The van der Waals surface area contributed by atoms with Gasteiger partial charge in [-0.1, -0.05) is 13.8 Å². The van der Waals surface area contributed by atoms with Gasteiger partial charge in [0.2, 0.25) is 11.8 Å². The number of ether oxygens (including phenoxy) is 2. The lowest BCUT2D eigenvalue weighted by atomic mass is 10.0. The average Bonchev–Trinajstić information content (AvgIpc) is 2.83. The third-order valence-electron chi connectivity index (χ3n) is 3.03. The second kappa shape index (κ2) is 6.67. The molecule has 2 heterocycles. The third kappa shape index (κ3) is 3.38. The number of methoxy groups -OCH3 is 2. The molecule has 7 heteroatoms. The summed E-state index contributed by atoms with van der Waals surface area (Å²) >= 11 is 4.95. The first-order chi connectivity index (χ1) is 9.55. The normalized spacial score (nSPS) is 22.5. The quantitative estimate of drug-likeness (QED) is 0.833. The van der Waals surface area contributed by atoms with E-state index in [0.717, 1.165) is 9.61 Å². The molecule has 0 N–H and O–H groups in total. The first-order valence-corrected chi connectivity index (χ1v) is 8.05. The lowest BCUT2D eigenvalue weighted by molar-refractivity contribution is 0.332. The van der Waals surface area contributed by atoms with Gasteiger partial charge in [-0.15, -0.1) is 11.3 Å². The van der Waals surface area contributed by atoms with Crippen LogP contribution >= 0.6 is 27.3 Å². The molecular weight excluding hydrogens is 342 g/mol. The van der Waals surface area contributed by atoms with E-state index < -0.39 is 0 Å². The Morgan fingerprint density at radius 2 is 1.95 bits per heavy atom. The van der Waals surface area contributed by atoms with Crippen LogP contribution in [0.25, 0.3) is 0 Å². The molecule has 1 aromatic rings. The van der Waals surface area contributed by atoms with Crippen molar-refractivity contribution in [3.05, 3.63) is 15.0 Å². The van der Waals surface area contributed by atoms with Crippen molar-refractivity contribution in [3.63, 3.8) is 0 Å². The Morgan fingerprint density at radius 3 is 2.45 bits per heavy atom. The highest BCUT2D eigenvalue weighted by atomic mass is 79.9. The van der Waals surface area contributed by atoms with Crippen molar-refractivity contribution >= 4 is 39.1 Å². The van der Waals surface area contributed by atoms with Crippen LogP contribution in [0, 0.1) is 5.92 Å². The van der Waals surface area contributed by atoms with Crippen molar-refractivity contribution in [3.8, 4) is 0 Å². The van der Waals surface area contributed by atoms with Gasteiger partial charge in [0.05, 0.1) is 19.2 Å². The predicted octanol–water partition coefficient (Wildman–Crippen LogP) is 2.94. The van der Waals surface area contributed by atoms with Gasteiger partial charge in [0, 0.05) is 11.8 Å². The molecule has 2 rings (SSSR count). The van der Waals surface area contributed by atoms with E-state index in [1.165, 1.54) is 0 Å². The number of aromatic nitrogens is 1. The van der Waals surface area contributed by atoms with E-state index >= 15 is 0 Å². The summed E-state index contributed by atoms with van der Waals surface area (Å²) < 4.78 is 11.6. The average molecular weight is 360 g/mol. The maximum atomic E-state index is 5.41. The molecule has 0 spiro atoms. The molecule has 20 heavy (non-hydrogen) atoms. The zero-order valence-corrected chi connectivity index (χ0v) is 14.4. The van der Waals surface area contributed by atoms with Gasteiger partial charge >= 0.3 is 0 Å². The molecule has 0 saturated carbocycles. The van der Waals surface area contributed by atoms with Crippen molar-refractivity contribution in [1.82, 2.24) is 4.98 Å². The van der Waals surface area contributed by atoms with Crippen molar-refractivity contribution in [2.75, 3.05) is 14.2 Å². The number of hydrogen-bond acceptors (Lipinski definition) is 6. The molecule has 0 saturated heterocycles. The predicted molar refractivity (Wildman–Crippen MR) is 84.8 cm³/mol. The Balaban J connectivity index is 2.23. The Kier molecular flexibility index (Phi) is 5.15. The lowest BCUT2D eigenvalue weighted by Crippen LogP contribution is -2.38. The van der Waals surface area contributed by atoms with E-state index in [1.54, 1.807) is 25.6 Å². The fourth-order valence-electron chi connectivity index (χ4n) is 2.04.